The van der Waals surface area contributed by atoms with Gasteiger partial charge in [-0.1, -0.05) is 20.8 Å². The number of aryl methyl sites for hydroxylation is 1. The molecular formula is C20H30N2O2S. The van der Waals surface area contributed by atoms with E-state index in [1.165, 1.54) is 16.9 Å². The number of rotatable bonds is 2. The van der Waals surface area contributed by atoms with Crippen LogP contribution in [0.3, 0.4) is 0 Å². The average Bonchev–Trinajstić information content (AvgIpc) is 2.96. The lowest BCUT2D eigenvalue weighted by Crippen LogP contribution is -2.45. The topological polar surface area (TPSA) is 49.4 Å². The monoisotopic (exact) mass is 362 g/mol. The van der Waals surface area contributed by atoms with Gasteiger partial charge < -0.3 is 10.2 Å². The Morgan fingerprint density at radius 1 is 1.20 bits per heavy atom. The number of nitrogens with zero attached hydrogens (tertiary/aromatic N) is 1. The highest BCUT2D eigenvalue weighted by atomic mass is 32.1. The van der Waals surface area contributed by atoms with Crippen molar-refractivity contribution in [3.63, 3.8) is 0 Å². The Bertz CT molecular complexity index is 651. The van der Waals surface area contributed by atoms with Gasteiger partial charge in [0.25, 0.3) is 5.91 Å². The Kier molecular flexibility index (Phi) is 5.24. The number of thiophene rings is 1. The molecule has 2 heterocycles. The van der Waals surface area contributed by atoms with E-state index in [4.69, 9.17) is 0 Å². The normalized spacial score (nSPS) is 21.8. The van der Waals surface area contributed by atoms with Crippen LogP contribution >= 0.6 is 11.3 Å². The van der Waals surface area contributed by atoms with Gasteiger partial charge in [0.05, 0.1) is 4.88 Å². The summed E-state index contributed by atoms with van der Waals surface area (Å²) < 4.78 is 0. The third-order valence-corrected chi connectivity index (χ3v) is 6.93. The smallest absolute Gasteiger partial charge is 0.263 e. The second-order valence-electron chi connectivity index (χ2n) is 8.63. The van der Waals surface area contributed by atoms with Crippen LogP contribution in [0, 0.1) is 11.3 Å². The fraction of sp³-hybridized carbons (Fsp3) is 0.700. The molecule has 1 saturated heterocycles. The minimum absolute atomic E-state index is 0.0177. The van der Waals surface area contributed by atoms with E-state index in [2.05, 4.69) is 32.2 Å². The summed E-state index contributed by atoms with van der Waals surface area (Å²) in [6, 6.07) is 2.37. The molecule has 138 valence electrons. The van der Waals surface area contributed by atoms with Crippen molar-refractivity contribution in [1.29, 1.82) is 0 Å². The molecule has 3 rings (SSSR count). The zero-order valence-electron chi connectivity index (χ0n) is 15.9. The molecule has 0 aromatic carbocycles. The molecule has 0 spiro atoms. The first-order valence-electron chi connectivity index (χ1n) is 9.42. The number of piperidine rings is 1. The number of amides is 2. The van der Waals surface area contributed by atoms with Crippen molar-refractivity contribution in [2.45, 2.75) is 65.8 Å². The van der Waals surface area contributed by atoms with Crippen molar-refractivity contribution < 1.29 is 9.59 Å². The van der Waals surface area contributed by atoms with E-state index >= 15 is 0 Å². The van der Waals surface area contributed by atoms with Crippen molar-refractivity contribution in [3.8, 4) is 0 Å². The summed E-state index contributed by atoms with van der Waals surface area (Å²) in [6.07, 6.45) is 5.14. The van der Waals surface area contributed by atoms with Gasteiger partial charge in [-0.15, -0.1) is 11.3 Å². The Labute approximate surface area is 155 Å². The number of hydrogen-bond donors (Lipinski definition) is 1. The molecule has 2 aliphatic rings. The standard InChI is InChI=1S/C20H30N2O2S/c1-13(23)21-16-7-9-22(10-8-16)19(24)18-12-14-11-15(20(2,3)4)5-6-17(14)25-18/h12,15-16H,5-11H2,1-4H3,(H,21,23). The molecule has 1 aliphatic heterocycles. The zero-order valence-corrected chi connectivity index (χ0v) is 16.7. The minimum Gasteiger partial charge on any atom is -0.353 e. The summed E-state index contributed by atoms with van der Waals surface area (Å²) in [5.74, 6) is 0.892. The summed E-state index contributed by atoms with van der Waals surface area (Å²) in [4.78, 5) is 28.3. The highest BCUT2D eigenvalue weighted by molar-refractivity contribution is 7.14. The fourth-order valence-corrected chi connectivity index (χ4v) is 5.21. The predicted octanol–water partition coefficient (Wildman–Crippen LogP) is 3.64. The Balaban J connectivity index is 1.63. The van der Waals surface area contributed by atoms with Gasteiger partial charge in [0.15, 0.2) is 0 Å². The third-order valence-electron chi connectivity index (χ3n) is 5.71. The van der Waals surface area contributed by atoms with E-state index in [1.54, 1.807) is 18.3 Å². The molecule has 1 aromatic rings. The molecule has 0 radical (unpaired) electrons. The molecule has 1 fully saturated rings. The quantitative estimate of drug-likeness (QED) is 0.873. The van der Waals surface area contributed by atoms with Gasteiger partial charge in [-0.25, -0.2) is 0 Å². The van der Waals surface area contributed by atoms with E-state index in [1.807, 2.05) is 4.90 Å². The number of likely N-dealkylation sites (tertiary alicyclic amines) is 1. The van der Waals surface area contributed by atoms with Crippen LogP contribution in [0.1, 0.15) is 67.1 Å². The Hall–Kier alpha value is -1.36. The minimum atomic E-state index is 0.0177. The lowest BCUT2D eigenvalue weighted by molar-refractivity contribution is -0.119. The lowest BCUT2D eigenvalue weighted by atomic mass is 9.72. The van der Waals surface area contributed by atoms with Crippen LogP contribution in [-0.2, 0) is 17.6 Å². The number of carbonyl (C=O) groups is 2. The molecule has 5 heteroatoms. The molecule has 1 N–H and O–H groups in total. The van der Waals surface area contributed by atoms with Crippen molar-refractivity contribution in [2.24, 2.45) is 11.3 Å². The van der Waals surface area contributed by atoms with E-state index in [-0.39, 0.29) is 17.9 Å². The molecule has 0 bridgehead atoms. The molecule has 4 nitrogen and oxygen atoms in total. The Morgan fingerprint density at radius 3 is 2.48 bits per heavy atom. The Morgan fingerprint density at radius 2 is 1.88 bits per heavy atom. The van der Waals surface area contributed by atoms with Crippen LogP contribution in [-0.4, -0.2) is 35.8 Å². The van der Waals surface area contributed by atoms with Crippen LogP contribution in [0.25, 0.3) is 0 Å². The van der Waals surface area contributed by atoms with Crippen LogP contribution in [0.2, 0.25) is 0 Å². The molecule has 1 unspecified atom stereocenters. The molecule has 0 saturated carbocycles. The first-order chi connectivity index (χ1) is 11.7. The van der Waals surface area contributed by atoms with E-state index in [0.29, 0.717) is 11.3 Å². The van der Waals surface area contributed by atoms with Gasteiger partial charge in [-0.2, -0.15) is 0 Å². The predicted molar refractivity (Wildman–Crippen MR) is 102 cm³/mol. The SMILES string of the molecule is CC(=O)NC1CCN(C(=O)c2cc3c(s2)CCC(C(C)(C)C)C3)CC1. The van der Waals surface area contributed by atoms with Crippen molar-refractivity contribution in [2.75, 3.05) is 13.1 Å². The second-order valence-corrected chi connectivity index (χ2v) is 9.77. The van der Waals surface area contributed by atoms with Crippen LogP contribution in [0.5, 0.6) is 0 Å². The maximum Gasteiger partial charge on any atom is 0.263 e. The highest BCUT2D eigenvalue weighted by Gasteiger charge is 2.31. The molecule has 1 atom stereocenters. The summed E-state index contributed by atoms with van der Waals surface area (Å²) >= 11 is 1.70. The van der Waals surface area contributed by atoms with Gasteiger partial charge in [-0.3, -0.25) is 9.59 Å². The van der Waals surface area contributed by atoms with Gasteiger partial charge in [0, 0.05) is 30.9 Å². The van der Waals surface area contributed by atoms with E-state index in [0.717, 1.165) is 43.6 Å². The van der Waals surface area contributed by atoms with Gasteiger partial charge in [0.2, 0.25) is 5.91 Å². The lowest BCUT2D eigenvalue weighted by Gasteiger charge is -2.33. The average molecular weight is 363 g/mol. The van der Waals surface area contributed by atoms with Gasteiger partial charge in [0.1, 0.15) is 0 Å². The first kappa shape index (κ1) is 18.4. The van der Waals surface area contributed by atoms with E-state index < -0.39 is 0 Å². The maximum atomic E-state index is 12.9. The van der Waals surface area contributed by atoms with Crippen molar-refractivity contribution in [3.05, 3.63) is 21.4 Å². The largest absolute Gasteiger partial charge is 0.353 e. The number of fused-ring (bicyclic) bond motifs is 1. The maximum absolute atomic E-state index is 12.9. The fourth-order valence-electron chi connectivity index (χ4n) is 4.04. The van der Waals surface area contributed by atoms with Crippen LogP contribution in [0.4, 0.5) is 0 Å². The summed E-state index contributed by atoms with van der Waals surface area (Å²) in [5.41, 5.74) is 1.72. The second kappa shape index (κ2) is 7.10. The van der Waals surface area contributed by atoms with E-state index in [9.17, 15) is 9.59 Å². The van der Waals surface area contributed by atoms with Gasteiger partial charge >= 0.3 is 0 Å². The zero-order chi connectivity index (χ0) is 18.2. The summed E-state index contributed by atoms with van der Waals surface area (Å²) in [7, 11) is 0. The summed E-state index contributed by atoms with van der Waals surface area (Å²) in [5, 5.41) is 2.97. The molecule has 2 amide bonds. The summed E-state index contributed by atoms with van der Waals surface area (Å²) in [6.45, 7) is 9.98. The molecule has 1 aromatic heterocycles. The molecule has 25 heavy (non-hydrogen) atoms. The van der Waals surface area contributed by atoms with Crippen LogP contribution < -0.4 is 5.32 Å². The van der Waals surface area contributed by atoms with Gasteiger partial charge in [-0.05, 0) is 55.1 Å². The van der Waals surface area contributed by atoms with Crippen molar-refractivity contribution in [1.82, 2.24) is 10.2 Å². The number of hydrogen-bond acceptors (Lipinski definition) is 3. The van der Waals surface area contributed by atoms with Crippen molar-refractivity contribution >= 4 is 23.2 Å². The third kappa shape index (κ3) is 4.25. The molecule has 1 aliphatic carbocycles. The molecular weight excluding hydrogens is 332 g/mol. The first-order valence-corrected chi connectivity index (χ1v) is 10.2. The number of carbonyl (C=O) groups excluding carboxylic acids is 2. The van der Waals surface area contributed by atoms with Crippen LogP contribution in [0.15, 0.2) is 6.07 Å². The highest BCUT2D eigenvalue weighted by Crippen LogP contribution is 2.40. The number of nitrogens with one attached hydrogen (secondary N) is 1.